The minimum absolute atomic E-state index is 0.111. The Morgan fingerprint density at radius 2 is 1.28 bits per heavy atom. The van der Waals surface area contributed by atoms with Crippen LogP contribution in [0, 0.1) is 17.8 Å². The van der Waals surface area contributed by atoms with Gasteiger partial charge in [0, 0.05) is 23.9 Å². The van der Waals surface area contributed by atoms with E-state index in [0.717, 1.165) is 51.4 Å². The molecule has 0 aromatic carbocycles. The first-order valence-electron chi connectivity index (χ1n) is 10.5. The maximum Gasteiger partial charge on any atom is 0.223 e. The van der Waals surface area contributed by atoms with Crippen molar-refractivity contribution < 1.29 is 9.59 Å². The molecule has 3 aliphatic carbocycles. The molecule has 0 aromatic rings. The Balaban J connectivity index is 1.40. The van der Waals surface area contributed by atoms with Crippen LogP contribution in [0.1, 0.15) is 77.0 Å². The fraction of sp³-hybridized carbons (Fsp3) is 0.900. The molecular weight excluding hydrogens is 314 g/mol. The Morgan fingerprint density at radius 1 is 0.720 bits per heavy atom. The summed E-state index contributed by atoms with van der Waals surface area (Å²) in [6, 6.07) is 0.537. The Hall–Kier alpha value is -1.10. The van der Waals surface area contributed by atoms with Crippen LogP contribution in [0.5, 0.6) is 0 Å². The number of carbonyl (C=O) groups is 2. The standard InChI is InChI=1S/C20H35N3O2/c21-13-16-7-3-4-8-18(16)23-20(25)15-9-11-17(12-10-15)22-19(24)14-5-1-2-6-14/h14-18H,1-13,21H2,(H,22,24)(H,23,25). The van der Waals surface area contributed by atoms with Crippen LogP contribution in [-0.2, 0) is 9.59 Å². The van der Waals surface area contributed by atoms with Crippen molar-refractivity contribution in [3.63, 3.8) is 0 Å². The molecule has 3 aliphatic rings. The first-order valence-corrected chi connectivity index (χ1v) is 10.5. The van der Waals surface area contributed by atoms with Crippen molar-refractivity contribution in [3.8, 4) is 0 Å². The van der Waals surface area contributed by atoms with E-state index in [2.05, 4.69) is 10.6 Å². The molecular formula is C20H35N3O2. The van der Waals surface area contributed by atoms with Crippen molar-refractivity contribution >= 4 is 11.8 Å². The molecule has 2 unspecified atom stereocenters. The summed E-state index contributed by atoms with van der Waals surface area (Å²) in [6.07, 6.45) is 12.8. The van der Waals surface area contributed by atoms with E-state index in [9.17, 15) is 9.59 Å². The minimum Gasteiger partial charge on any atom is -0.353 e. The van der Waals surface area contributed by atoms with Crippen molar-refractivity contribution in [2.24, 2.45) is 23.5 Å². The normalized spacial score (nSPS) is 33.8. The number of amides is 2. The van der Waals surface area contributed by atoms with Crippen molar-refractivity contribution in [1.29, 1.82) is 0 Å². The zero-order chi connectivity index (χ0) is 17.6. The van der Waals surface area contributed by atoms with Gasteiger partial charge in [-0.3, -0.25) is 9.59 Å². The van der Waals surface area contributed by atoms with Gasteiger partial charge in [-0.05, 0) is 63.8 Å². The van der Waals surface area contributed by atoms with Crippen LogP contribution in [-0.4, -0.2) is 30.4 Å². The first-order chi connectivity index (χ1) is 12.2. The molecule has 4 N–H and O–H groups in total. The van der Waals surface area contributed by atoms with Crippen LogP contribution in [0.25, 0.3) is 0 Å². The first kappa shape index (κ1) is 18.7. The van der Waals surface area contributed by atoms with Gasteiger partial charge in [0.05, 0.1) is 0 Å². The molecule has 0 heterocycles. The molecule has 5 nitrogen and oxygen atoms in total. The summed E-state index contributed by atoms with van der Waals surface area (Å²) in [5.74, 6) is 1.25. The molecule has 2 amide bonds. The third-order valence-corrected chi connectivity index (χ3v) is 6.71. The van der Waals surface area contributed by atoms with Gasteiger partial charge in [0.2, 0.25) is 11.8 Å². The van der Waals surface area contributed by atoms with Crippen LogP contribution in [0.4, 0.5) is 0 Å². The van der Waals surface area contributed by atoms with E-state index in [1.165, 1.54) is 25.7 Å². The number of nitrogens with two attached hydrogens (primary N) is 1. The zero-order valence-electron chi connectivity index (χ0n) is 15.5. The molecule has 0 aromatic heterocycles. The van der Waals surface area contributed by atoms with Gasteiger partial charge in [0.25, 0.3) is 0 Å². The number of hydrogen-bond donors (Lipinski definition) is 3. The minimum atomic E-state index is 0.111. The van der Waals surface area contributed by atoms with Gasteiger partial charge >= 0.3 is 0 Å². The van der Waals surface area contributed by atoms with Gasteiger partial charge in [-0.2, -0.15) is 0 Å². The molecule has 142 valence electrons. The molecule has 25 heavy (non-hydrogen) atoms. The third-order valence-electron chi connectivity index (χ3n) is 6.71. The Kier molecular flexibility index (Phi) is 6.74. The van der Waals surface area contributed by atoms with Gasteiger partial charge in [0.15, 0.2) is 0 Å². The van der Waals surface area contributed by atoms with Gasteiger partial charge in [0.1, 0.15) is 0 Å². The van der Waals surface area contributed by atoms with E-state index >= 15 is 0 Å². The van der Waals surface area contributed by atoms with E-state index in [1.807, 2.05) is 0 Å². The SMILES string of the molecule is NCC1CCCCC1NC(=O)C1CCC(NC(=O)C2CCCC2)CC1. The molecule has 3 fully saturated rings. The van der Waals surface area contributed by atoms with Crippen LogP contribution >= 0.6 is 0 Å². The Morgan fingerprint density at radius 3 is 1.96 bits per heavy atom. The summed E-state index contributed by atoms with van der Waals surface area (Å²) in [4.78, 5) is 24.9. The van der Waals surface area contributed by atoms with E-state index in [1.54, 1.807) is 0 Å². The topological polar surface area (TPSA) is 84.2 Å². The second-order valence-corrected chi connectivity index (χ2v) is 8.43. The largest absolute Gasteiger partial charge is 0.353 e. The van der Waals surface area contributed by atoms with E-state index in [0.29, 0.717) is 12.5 Å². The smallest absolute Gasteiger partial charge is 0.223 e. The third kappa shape index (κ3) is 4.96. The highest BCUT2D eigenvalue weighted by Gasteiger charge is 2.32. The van der Waals surface area contributed by atoms with Gasteiger partial charge < -0.3 is 16.4 Å². The Labute approximate surface area is 151 Å². The van der Waals surface area contributed by atoms with Gasteiger partial charge in [-0.15, -0.1) is 0 Å². The summed E-state index contributed by atoms with van der Waals surface area (Å²) in [6.45, 7) is 0.672. The van der Waals surface area contributed by atoms with Gasteiger partial charge in [-0.25, -0.2) is 0 Å². The lowest BCUT2D eigenvalue weighted by molar-refractivity contribution is -0.127. The van der Waals surface area contributed by atoms with Crippen LogP contribution in [0.2, 0.25) is 0 Å². The lowest BCUT2D eigenvalue weighted by Crippen LogP contribution is -2.48. The number of nitrogens with one attached hydrogen (secondary N) is 2. The fourth-order valence-corrected chi connectivity index (χ4v) is 4.99. The monoisotopic (exact) mass is 349 g/mol. The van der Waals surface area contributed by atoms with E-state index in [-0.39, 0.29) is 35.7 Å². The summed E-state index contributed by atoms with van der Waals surface area (Å²) >= 11 is 0. The highest BCUT2D eigenvalue weighted by atomic mass is 16.2. The molecule has 0 spiro atoms. The quantitative estimate of drug-likeness (QED) is 0.713. The predicted molar refractivity (Wildman–Crippen MR) is 98.8 cm³/mol. The zero-order valence-corrected chi connectivity index (χ0v) is 15.5. The molecule has 3 rings (SSSR count). The van der Waals surface area contributed by atoms with Crippen LogP contribution < -0.4 is 16.4 Å². The summed E-state index contributed by atoms with van der Waals surface area (Å²) in [5, 5.41) is 6.51. The van der Waals surface area contributed by atoms with Crippen LogP contribution in [0.3, 0.4) is 0 Å². The molecule has 2 atom stereocenters. The second kappa shape index (κ2) is 9.02. The number of rotatable bonds is 5. The number of carbonyl (C=O) groups excluding carboxylic acids is 2. The highest BCUT2D eigenvalue weighted by Crippen LogP contribution is 2.29. The summed E-state index contributed by atoms with van der Waals surface area (Å²) in [5.41, 5.74) is 5.87. The molecule has 0 radical (unpaired) electrons. The van der Waals surface area contributed by atoms with Crippen molar-refractivity contribution in [3.05, 3.63) is 0 Å². The van der Waals surface area contributed by atoms with Crippen LogP contribution in [0.15, 0.2) is 0 Å². The molecule has 0 saturated heterocycles. The highest BCUT2D eigenvalue weighted by molar-refractivity contribution is 5.80. The molecule has 0 aliphatic heterocycles. The Bertz CT molecular complexity index is 454. The molecule has 0 bridgehead atoms. The number of hydrogen-bond acceptors (Lipinski definition) is 3. The second-order valence-electron chi connectivity index (χ2n) is 8.43. The lowest BCUT2D eigenvalue weighted by atomic mass is 9.82. The predicted octanol–water partition coefficient (Wildman–Crippen LogP) is 2.49. The molecule has 3 saturated carbocycles. The average molecular weight is 350 g/mol. The van der Waals surface area contributed by atoms with Gasteiger partial charge in [-0.1, -0.05) is 25.7 Å². The van der Waals surface area contributed by atoms with Crippen molar-refractivity contribution in [2.45, 2.75) is 89.1 Å². The maximum atomic E-state index is 12.6. The molecule has 5 heteroatoms. The average Bonchev–Trinajstić information content (AvgIpc) is 3.17. The van der Waals surface area contributed by atoms with E-state index < -0.39 is 0 Å². The van der Waals surface area contributed by atoms with Crippen molar-refractivity contribution in [1.82, 2.24) is 10.6 Å². The lowest BCUT2D eigenvalue weighted by Gasteiger charge is -2.34. The fourth-order valence-electron chi connectivity index (χ4n) is 4.99. The van der Waals surface area contributed by atoms with E-state index in [4.69, 9.17) is 5.73 Å². The summed E-state index contributed by atoms with van der Waals surface area (Å²) in [7, 11) is 0. The van der Waals surface area contributed by atoms with Crippen molar-refractivity contribution in [2.75, 3.05) is 6.54 Å². The maximum absolute atomic E-state index is 12.6. The summed E-state index contributed by atoms with van der Waals surface area (Å²) < 4.78 is 0.